The van der Waals surface area contributed by atoms with Crippen molar-refractivity contribution in [1.82, 2.24) is 5.32 Å². The average molecular weight is 316 g/mol. The number of hydrogen-bond donors (Lipinski definition) is 1. The first-order chi connectivity index (χ1) is 10.3. The molecule has 2 aromatic carbocycles. The molecule has 1 atom stereocenters. The fraction of sp³-hybridized carbons (Fsp3) is 0.400. The lowest BCUT2D eigenvalue weighted by Crippen LogP contribution is -2.11. The van der Waals surface area contributed by atoms with Gasteiger partial charge in [0, 0.05) is 5.92 Å². The molecule has 0 fully saturated rings. The Balaban J connectivity index is 0.00000176. The van der Waals surface area contributed by atoms with Crippen molar-refractivity contribution < 1.29 is 0 Å². The molecule has 1 aliphatic carbocycles. The number of rotatable bonds is 4. The molecule has 0 saturated carbocycles. The van der Waals surface area contributed by atoms with E-state index in [-0.39, 0.29) is 12.4 Å². The van der Waals surface area contributed by atoms with Crippen molar-refractivity contribution in [2.75, 3.05) is 13.6 Å². The summed E-state index contributed by atoms with van der Waals surface area (Å²) in [4.78, 5) is 0. The van der Waals surface area contributed by atoms with E-state index in [1.807, 2.05) is 7.05 Å². The van der Waals surface area contributed by atoms with Crippen LogP contribution in [-0.4, -0.2) is 13.6 Å². The molecular weight excluding hydrogens is 290 g/mol. The number of fused-ring (bicyclic) bond motifs is 2. The number of hydrogen-bond acceptors (Lipinski definition) is 1. The minimum Gasteiger partial charge on any atom is -0.320 e. The van der Waals surface area contributed by atoms with Gasteiger partial charge in [-0.2, -0.15) is 0 Å². The molecule has 0 spiro atoms. The van der Waals surface area contributed by atoms with Gasteiger partial charge in [-0.05, 0) is 74.0 Å². The van der Waals surface area contributed by atoms with Crippen LogP contribution in [0.25, 0.3) is 0 Å². The Morgan fingerprint density at radius 3 is 2.59 bits per heavy atom. The SMILES string of the molecule is CNCCCC1c2ccccc2CCc2c(C)cccc21.Cl. The lowest BCUT2D eigenvalue weighted by Gasteiger charge is -2.21. The van der Waals surface area contributed by atoms with Crippen LogP contribution in [0.2, 0.25) is 0 Å². The number of nitrogens with one attached hydrogen (secondary N) is 1. The van der Waals surface area contributed by atoms with Crippen LogP contribution in [0.1, 0.15) is 46.6 Å². The van der Waals surface area contributed by atoms with Gasteiger partial charge >= 0.3 is 0 Å². The summed E-state index contributed by atoms with van der Waals surface area (Å²) in [5, 5.41) is 3.28. The molecule has 0 radical (unpaired) electrons. The van der Waals surface area contributed by atoms with Gasteiger partial charge in [-0.15, -0.1) is 12.4 Å². The van der Waals surface area contributed by atoms with Crippen molar-refractivity contribution in [3.8, 4) is 0 Å². The minimum absolute atomic E-state index is 0. The van der Waals surface area contributed by atoms with Crippen LogP contribution in [0.3, 0.4) is 0 Å². The smallest absolute Gasteiger partial charge is 0.00953 e. The molecule has 0 saturated heterocycles. The van der Waals surface area contributed by atoms with Crippen molar-refractivity contribution >= 4 is 12.4 Å². The number of halogens is 1. The largest absolute Gasteiger partial charge is 0.320 e. The van der Waals surface area contributed by atoms with Gasteiger partial charge in [0.25, 0.3) is 0 Å². The Labute approximate surface area is 140 Å². The first kappa shape index (κ1) is 17.1. The molecule has 1 N–H and O–H groups in total. The van der Waals surface area contributed by atoms with Gasteiger partial charge < -0.3 is 5.32 Å². The van der Waals surface area contributed by atoms with E-state index in [4.69, 9.17) is 0 Å². The van der Waals surface area contributed by atoms with Gasteiger partial charge in [0.15, 0.2) is 0 Å². The molecule has 0 aromatic heterocycles. The topological polar surface area (TPSA) is 12.0 Å². The van der Waals surface area contributed by atoms with E-state index in [2.05, 4.69) is 54.7 Å². The van der Waals surface area contributed by atoms with Crippen molar-refractivity contribution in [3.05, 3.63) is 70.3 Å². The fourth-order valence-corrected chi connectivity index (χ4v) is 3.72. The molecule has 2 aromatic rings. The second-order valence-corrected chi connectivity index (χ2v) is 6.14. The lowest BCUT2D eigenvalue weighted by atomic mass is 9.84. The van der Waals surface area contributed by atoms with E-state index in [0.29, 0.717) is 5.92 Å². The lowest BCUT2D eigenvalue weighted by molar-refractivity contribution is 0.627. The molecule has 0 heterocycles. The van der Waals surface area contributed by atoms with Gasteiger partial charge in [0.1, 0.15) is 0 Å². The third kappa shape index (κ3) is 3.37. The Morgan fingerprint density at radius 2 is 1.77 bits per heavy atom. The van der Waals surface area contributed by atoms with Gasteiger partial charge in [-0.1, -0.05) is 42.5 Å². The highest BCUT2D eigenvalue weighted by Gasteiger charge is 2.23. The second kappa shape index (κ2) is 7.80. The van der Waals surface area contributed by atoms with E-state index in [1.54, 1.807) is 22.3 Å². The molecule has 3 rings (SSSR count). The summed E-state index contributed by atoms with van der Waals surface area (Å²) in [6, 6.07) is 15.9. The third-order valence-corrected chi connectivity index (χ3v) is 4.82. The highest BCUT2D eigenvalue weighted by atomic mass is 35.5. The summed E-state index contributed by atoms with van der Waals surface area (Å²) >= 11 is 0. The highest BCUT2D eigenvalue weighted by molar-refractivity contribution is 5.85. The maximum Gasteiger partial charge on any atom is 0.00953 e. The Morgan fingerprint density at radius 1 is 1.00 bits per heavy atom. The standard InChI is InChI=1S/C20H25N.ClH/c1-15-7-5-10-19-17(15)13-12-16-8-3-4-9-18(16)20(19)11-6-14-21-2;/h3-5,7-10,20-21H,6,11-14H2,1-2H3;1H. The Hall–Kier alpha value is -1.31. The predicted octanol–water partition coefficient (Wildman–Crippen LogP) is 4.65. The summed E-state index contributed by atoms with van der Waals surface area (Å²) in [6.45, 7) is 3.36. The zero-order chi connectivity index (χ0) is 14.7. The number of aryl methyl sites for hydroxylation is 2. The maximum absolute atomic E-state index is 3.28. The fourth-order valence-electron chi connectivity index (χ4n) is 3.72. The van der Waals surface area contributed by atoms with E-state index in [1.165, 1.54) is 31.2 Å². The van der Waals surface area contributed by atoms with E-state index < -0.39 is 0 Å². The molecule has 0 amide bonds. The minimum atomic E-state index is 0. The van der Waals surface area contributed by atoms with E-state index in [0.717, 1.165) is 6.54 Å². The number of benzene rings is 2. The molecule has 2 heteroatoms. The molecule has 1 aliphatic rings. The zero-order valence-corrected chi connectivity index (χ0v) is 14.4. The zero-order valence-electron chi connectivity index (χ0n) is 13.6. The molecular formula is C20H26ClN. The van der Waals surface area contributed by atoms with Crippen LogP contribution in [0, 0.1) is 6.92 Å². The normalized spacial score (nSPS) is 16.2. The first-order valence-corrected chi connectivity index (χ1v) is 8.12. The van der Waals surface area contributed by atoms with Crippen LogP contribution in [0.4, 0.5) is 0 Å². The molecule has 1 unspecified atom stereocenters. The van der Waals surface area contributed by atoms with Gasteiger partial charge in [0.2, 0.25) is 0 Å². The predicted molar refractivity (Wildman–Crippen MR) is 97.3 cm³/mol. The van der Waals surface area contributed by atoms with E-state index in [9.17, 15) is 0 Å². The summed E-state index contributed by atoms with van der Waals surface area (Å²) < 4.78 is 0. The Kier molecular flexibility index (Phi) is 6.05. The van der Waals surface area contributed by atoms with Crippen LogP contribution in [-0.2, 0) is 12.8 Å². The summed E-state index contributed by atoms with van der Waals surface area (Å²) in [6.07, 6.45) is 4.81. The van der Waals surface area contributed by atoms with Crippen LogP contribution < -0.4 is 5.32 Å². The van der Waals surface area contributed by atoms with Crippen LogP contribution in [0.15, 0.2) is 42.5 Å². The third-order valence-electron chi connectivity index (χ3n) is 4.82. The highest BCUT2D eigenvalue weighted by Crippen LogP contribution is 2.38. The summed E-state index contributed by atoms with van der Waals surface area (Å²) in [5.41, 5.74) is 7.71. The molecule has 22 heavy (non-hydrogen) atoms. The second-order valence-electron chi connectivity index (χ2n) is 6.14. The molecule has 0 bridgehead atoms. The van der Waals surface area contributed by atoms with Crippen molar-refractivity contribution in [3.63, 3.8) is 0 Å². The molecule has 118 valence electrons. The van der Waals surface area contributed by atoms with Gasteiger partial charge in [0.05, 0.1) is 0 Å². The van der Waals surface area contributed by atoms with Crippen LogP contribution in [0.5, 0.6) is 0 Å². The average Bonchev–Trinajstić information content (AvgIpc) is 2.66. The monoisotopic (exact) mass is 315 g/mol. The van der Waals surface area contributed by atoms with Crippen LogP contribution >= 0.6 is 12.4 Å². The summed E-state index contributed by atoms with van der Waals surface area (Å²) in [7, 11) is 2.04. The maximum atomic E-state index is 3.28. The Bertz CT molecular complexity index is 621. The first-order valence-electron chi connectivity index (χ1n) is 8.12. The van der Waals surface area contributed by atoms with Crippen molar-refractivity contribution in [2.24, 2.45) is 0 Å². The van der Waals surface area contributed by atoms with Crippen molar-refractivity contribution in [2.45, 2.75) is 38.5 Å². The molecule has 0 aliphatic heterocycles. The van der Waals surface area contributed by atoms with Gasteiger partial charge in [-0.3, -0.25) is 0 Å². The van der Waals surface area contributed by atoms with Gasteiger partial charge in [-0.25, -0.2) is 0 Å². The van der Waals surface area contributed by atoms with E-state index >= 15 is 0 Å². The van der Waals surface area contributed by atoms with Crippen molar-refractivity contribution in [1.29, 1.82) is 0 Å². The molecule has 1 nitrogen and oxygen atoms in total. The quantitative estimate of drug-likeness (QED) is 0.810. The summed E-state index contributed by atoms with van der Waals surface area (Å²) in [5.74, 6) is 0.562.